The van der Waals surface area contributed by atoms with Crippen LogP contribution in [-0.4, -0.2) is 28.8 Å². The molecular weight excluding hydrogens is 338 g/mol. The highest BCUT2D eigenvalue weighted by molar-refractivity contribution is 7.10. The number of benzene rings is 1. The molecule has 0 bridgehead atoms. The fraction of sp³-hybridized carbons (Fsp3) is 0.389. The zero-order valence-corrected chi connectivity index (χ0v) is 14.5. The topological polar surface area (TPSA) is 75.5 Å². The Morgan fingerprint density at radius 2 is 2.20 bits per heavy atom. The Morgan fingerprint density at radius 1 is 1.36 bits per heavy atom. The second-order valence-electron chi connectivity index (χ2n) is 6.66. The van der Waals surface area contributed by atoms with Gasteiger partial charge in [-0.1, -0.05) is 6.07 Å². The summed E-state index contributed by atoms with van der Waals surface area (Å²) in [5, 5.41) is 15.8. The fourth-order valence-electron chi connectivity index (χ4n) is 3.62. The molecule has 130 valence electrons. The first-order valence-electron chi connectivity index (χ1n) is 8.46. The van der Waals surface area contributed by atoms with Crippen molar-refractivity contribution in [1.82, 2.24) is 4.90 Å². The molecule has 7 heteroatoms. The van der Waals surface area contributed by atoms with E-state index in [0.717, 1.165) is 13.0 Å². The van der Waals surface area contributed by atoms with Crippen LogP contribution in [0, 0.1) is 16.0 Å². The van der Waals surface area contributed by atoms with Crippen LogP contribution < -0.4 is 5.32 Å². The molecule has 25 heavy (non-hydrogen) atoms. The molecule has 4 rings (SSSR count). The van der Waals surface area contributed by atoms with Crippen molar-refractivity contribution in [1.29, 1.82) is 0 Å². The highest BCUT2D eigenvalue weighted by Crippen LogP contribution is 2.48. The van der Waals surface area contributed by atoms with Gasteiger partial charge in [-0.2, -0.15) is 0 Å². The first-order chi connectivity index (χ1) is 12.1. The Labute approximate surface area is 149 Å². The Hall–Kier alpha value is -2.25. The molecular formula is C18H19N3O3S. The smallest absolute Gasteiger partial charge is 0.271 e. The minimum absolute atomic E-state index is 0.0189. The van der Waals surface area contributed by atoms with Gasteiger partial charge in [0, 0.05) is 35.3 Å². The number of anilines is 1. The van der Waals surface area contributed by atoms with Crippen LogP contribution in [0.5, 0.6) is 0 Å². The summed E-state index contributed by atoms with van der Waals surface area (Å²) in [4.78, 5) is 26.6. The molecule has 1 aliphatic heterocycles. The standard InChI is InChI=1S/C18H19N3O3S/c22-17(19-13-2-1-3-14(10-13)21(23)24)11-20-8-6-16-15(7-9-25-16)18(20)12-4-5-12/h1-3,7,9-10,12,18H,4-6,8,11H2,(H,19,22)/t18-/m1/s1. The van der Waals surface area contributed by atoms with E-state index >= 15 is 0 Å². The molecule has 1 fully saturated rings. The minimum Gasteiger partial charge on any atom is -0.325 e. The van der Waals surface area contributed by atoms with Gasteiger partial charge in [0.15, 0.2) is 0 Å². The second kappa shape index (κ2) is 6.57. The van der Waals surface area contributed by atoms with Crippen molar-refractivity contribution in [3.63, 3.8) is 0 Å². The molecule has 6 nitrogen and oxygen atoms in total. The molecule has 2 heterocycles. The lowest BCUT2D eigenvalue weighted by Crippen LogP contribution is -2.41. The maximum Gasteiger partial charge on any atom is 0.271 e. The summed E-state index contributed by atoms with van der Waals surface area (Å²) in [5.41, 5.74) is 1.84. The lowest BCUT2D eigenvalue weighted by molar-refractivity contribution is -0.384. The van der Waals surface area contributed by atoms with Crippen LogP contribution in [0.3, 0.4) is 0 Å². The van der Waals surface area contributed by atoms with E-state index in [-0.39, 0.29) is 11.6 Å². The first kappa shape index (κ1) is 16.2. The summed E-state index contributed by atoms with van der Waals surface area (Å²) in [6, 6.07) is 8.61. The Morgan fingerprint density at radius 3 is 2.96 bits per heavy atom. The summed E-state index contributed by atoms with van der Waals surface area (Å²) in [5.74, 6) is 0.532. The zero-order valence-electron chi connectivity index (χ0n) is 13.7. The quantitative estimate of drug-likeness (QED) is 0.655. The molecule has 1 amide bonds. The number of nitro groups is 1. The van der Waals surface area contributed by atoms with Crippen molar-refractivity contribution in [3.05, 3.63) is 56.3 Å². The third-order valence-electron chi connectivity index (χ3n) is 4.87. The largest absolute Gasteiger partial charge is 0.325 e. The molecule has 0 unspecified atom stereocenters. The number of carbonyl (C=O) groups excluding carboxylic acids is 1. The number of rotatable bonds is 5. The van der Waals surface area contributed by atoms with Crippen molar-refractivity contribution in [2.45, 2.75) is 25.3 Å². The Kier molecular flexibility index (Phi) is 4.27. The zero-order chi connectivity index (χ0) is 17.4. The Balaban J connectivity index is 1.45. The van der Waals surface area contributed by atoms with Gasteiger partial charge in [-0.3, -0.25) is 19.8 Å². The van der Waals surface area contributed by atoms with E-state index in [2.05, 4.69) is 21.7 Å². The van der Waals surface area contributed by atoms with Gasteiger partial charge >= 0.3 is 0 Å². The van der Waals surface area contributed by atoms with Gasteiger partial charge in [-0.25, -0.2) is 0 Å². The summed E-state index contributed by atoms with van der Waals surface area (Å²) >= 11 is 1.81. The lowest BCUT2D eigenvalue weighted by Gasteiger charge is -2.35. The molecule has 1 aromatic heterocycles. The number of hydrogen-bond acceptors (Lipinski definition) is 5. The van der Waals surface area contributed by atoms with Gasteiger partial charge in [0.1, 0.15) is 0 Å². The van der Waals surface area contributed by atoms with Crippen LogP contribution in [0.25, 0.3) is 0 Å². The average Bonchev–Trinajstić information content (AvgIpc) is 3.31. The molecule has 1 saturated carbocycles. The third kappa shape index (κ3) is 3.43. The van der Waals surface area contributed by atoms with E-state index in [1.165, 1.54) is 35.4 Å². The monoisotopic (exact) mass is 357 g/mol. The number of nitrogens with one attached hydrogen (secondary N) is 1. The molecule has 1 atom stereocenters. The van der Waals surface area contributed by atoms with E-state index in [1.54, 1.807) is 12.1 Å². The molecule has 1 aliphatic carbocycles. The number of amides is 1. The number of thiophene rings is 1. The van der Waals surface area contributed by atoms with Crippen molar-refractivity contribution in [2.75, 3.05) is 18.4 Å². The number of carbonyl (C=O) groups is 1. The van der Waals surface area contributed by atoms with Crippen LogP contribution >= 0.6 is 11.3 Å². The van der Waals surface area contributed by atoms with E-state index < -0.39 is 4.92 Å². The fourth-order valence-corrected chi connectivity index (χ4v) is 4.53. The van der Waals surface area contributed by atoms with Gasteiger partial charge in [0.2, 0.25) is 5.91 Å². The van der Waals surface area contributed by atoms with Gasteiger partial charge in [-0.05, 0) is 48.3 Å². The van der Waals surface area contributed by atoms with E-state index in [9.17, 15) is 14.9 Å². The summed E-state index contributed by atoms with van der Waals surface area (Å²) in [7, 11) is 0. The molecule has 1 N–H and O–H groups in total. The molecule has 2 aliphatic rings. The highest BCUT2D eigenvalue weighted by atomic mass is 32.1. The average molecular weight is 357 g/mol. The second-order valence-corrected chi connectivity index (χ2v) is 7.66. The number of hydrogen-bond donors (Lipinski definition) is 1. The van der Waals surface area contributed by atoms with Crippen LogP contribution in [0.15, 0.2) is 35.7 Å². The molecule has 0 spiro atoms. The highest BCUT2D eigenvalue weighted by Gasteiger charge is 2.40. The Bertz CT molecular complexity index is 815. The maximum atomic E-state index is 12.5. The van der Waals surface area contributed by atoms with Gasteiger partial charge in [0.05, 0.1) is 11.5 Å². The number of non-ortho nitro benzene ring substituents is 1. The lowest BCUT2D eigenvalue weighted by atomic mass is 9.96. The predicted molar refractivity (Wildman–Crippen MR) is 96.8 cm³/mol. The molecule has 1 aromatic carbocycles. The molecule has 2 aromatic rings. The van der Waals surface area contributed by atoms with Gasteiger partial charge in [-0.15, -0.1) is 11.3 Å². The molecule has 0 saturated heterocycles. The van der Waals surface area contributed by atoms with Crippen molar-refractivity contribution >= 4 is 28.6 Å². The number of nitrogens with zero attached hydrogens (tertiary/aromatic N) is 2. The predicted octanol–water partition coefficient (Wildman–Crippen LogP) is 3.60. The molecule has 0 radical (unpaired) electrons. The minimum atomic E-state index is -0.457. The summed E-state index contributed by atoms with van der Waals surface area (Å²) in [6.45, 7) is 1.20. The first-order valence-corrected chi connectivity index (χ1v) is 9.34. The maximum absolute atomic E-state index is 12.5. The summed E-state index contributed by atoms with van der Waals surface area (Å²) < 4.78 is 0. The van der Waals surface area contributed by atoms with Crippen LogP contribution in [-0.2, 0) is 11.2 Å². The van der Waals surface area contributed by atoms with Crippen molar-refractivity contribution in [3.8, 4) is 0 Å². The van der Waals surface area contributed by atoms with E-state index in [1.807, 2.05) is 11.3 Å². The van der Waals surface area contributed by atoms with Crippen molar-refractivity contribution < 1.29 is 9.72 Å². The van der Waals surface area contributed by atoms with E-state index in [0.29, 0.717) is 24.2 Å². The third-order valence-corrected chi connectivity index (χ3v) is 5.87. The van der Waals surface area contributed by atoms with Crippen LogP contribution in [0.1, 0.15) is 29.3 Å². The van der Waals surface area contributed by atoms with Gasteiger partial charge in [0.25, 0.3) is 5.69 Å². The summed E-state index contributed by atoms with van der Waals surface area (Å²) in [6.07, 6.45) is 3.44. The van der Waals surface area contributed by atoms with Crippen LogP contribution in [0.4, 0.5) is 11.4 Å². The normalized spacial score (nSPS) is 20.1. The van der Waals surface area contributed by atoms with Crippen molar-refractivity contribution in [2.24, 2.45) is 5.92 Å². The SMILES string of the molecule is O=C(CN1CCc2sccc2[C@H]1C1CC1)Nc1cccc([N+](=O)[O-])c1. The van der Waals surface area contributed by atoms with E-state index in [4.69, 9.17) is 0 Å². The van der Waals surface area contributed by atoms with Gasteiger partial charge < -0.3 is 5.32 Å². The number of fused-ring (bicyclic) bond motifs is 1. The van der Waals surface area contributed by atoms with Crippen LogP contribution in [0.2, 0.25) is 0 Å². The number of nitro benzene ring substituents is 1.